The lowest BCUT2D eigenvalue weighted by Gasteiger charge is -2.35. The Balaban J connectivity index is 1.82. The second-order valence-corrected chi connectivity index (χ2v) is 14.7. The fourth-order valence-corrected chi connectivity index (χ4v) is 6.55. The summed E-state index contributed by atoms with van der Waals surface area (Å²) < 4.78 is 43.9. The van der Waals surface area contributed by atoms with Crippen LogP contribution in [0.2, 0.25) is 5.02 Å². The van der Waals surface area contributed by atoms with Crippen molar-refractivity contribution in [1.82, 2.24) is 10.2 Å². The highest BCUT2D eigenvalue weighted by Crippen LogP contribution is 2.28. The Labute approximate surface area is 277 Å². The topological polar surface area (TPSA) is 86.8 Å². The van der Waals surface area contributed by atoms with E-state index in [2.05, 4.69) is 21.2 Å². The van der Waals surface area contributed by atoms with E-state index in [1.807, 2.05) is 75.4 Å². The molecule has 11 heteroatoms. The maximum atomic E-state index is 14.5. The fourth-order valence-electron chi connectivity index (χ4n) is 4.68. The van der Waals surface area contributed by atoms with Crippen molar-refractivity contribution in [1.29, 1.82) is 0 Å². The summed E-state index contributed by atoms with van der Waals surface area (Å²) in [4.78, 5) is 29.7. The molecule has 0 aromatic heterocycles. The van der Waals surface area contributed by atoms with E-state index in [9.17, 15) is 22.4 Å². The molecular formula is C34H34BrClFN3O4S. The predicted octanol–water partition coefficient (Wildman–Crippen LogP) is 6.99. The molecule has 0 aliphatic rings. The maximum absolute atomic E-state index is 14.5. The quantitative estimate of drug-likeness (QED) is 0.182. The van der Waals surface area contributed by atoms with Crippen LogP contribution in [0.15, 0.2) is 112 Å². The minimum absolute atomic E-state index is 0.000877. The molecule has 1 unspecified atom stereocenters. The van der Waals surface area contributed by atoms with Crippen molar-refractivity contribution in [2.75, 3.05) is 10.8 Å². The maximum Gasteiger partial charge on any atom is 0.264 e. The van der Waals surface area contributed by atoms with Crippen LogP contribution in [0.1, 0.15) is 31.9 Å². The van der Waals surface area contributed by atoms with Crippen molar-refractivity contribution >= 4 is 55.1 Å². The fraction of sp³-hybridized carbons (Fsp3) is 0.235. The summed E-state index contributed by atoms with van der Waals surface area (Å²) >= 11 is 9.50. The monoisotopic (exact) mass is 713 g/mol. The van der Waals surface area contributed by atoms with Crippen LogP contribution in [0.4, 0.5) is 10.1 Å². The Morgan fingerprint density at radius 3 is 2.07 bits per heavy atom. The van der Waals surface area contributed by atoms with Gasteiger partial charge in [0.1, 0.15) is 18.4 Å². The van der Waals surface area contributed by atoms with Gasteiger partial charge in [0.2, 0.25) is 11.8 Å². The first-order valence-corrected chi connectivity index (χ1v) is 16.8. The van der Waals surface area contributed by atoms with Crippen molar-refractivity contribution in [3.8, 4) is 0 Å². The smallest absolute Gasteiger partial charge is 0.264 e. The molecule has 4 aromatic carbocycles. The highest BCUT2D eigenvalue weighted by molar-refractivity contribution is 9.10. The van der Waals surface area contributed by atoms with Gasteiger partial charge in [0.25, 0.3) is 10.0 Å². The molecule has 0 radical (unpaired) electrons. The first-order valence-electron chi connectivity index (χ1n) is 14.2. The molecule has 0 saturated carbocycles. The van der Waals surface area contributed by atoms with Crippen molar-refractivity contribution in [2.24, 2.45) is 0 Å². The normalized spacial score (nSPS) is 12.3. The molecule has 1 N–H and O–H groups in total. The SMILES string of the molecule is CC(C)(C)NC(=O)C(Cc1ccccc1)N(Cc1ccc(Br)cc1)C(=O)CN(c1ccc(F)c(Cl)c1)S(=O)(=O)c1ccccc1. The summed E-state index contributed by atoms with van der Waals surface area (Å²) in [7, 11) is -4.33. The van der Waals surface area contributed by atoms with Crippen LogP contribution in [-0.4, -0.2) is 43.3 Å². The molecule has 7 nitrogen and oxygen atoms in total. The number of nitrogens with zero attached hydrogens (tertiary/aromatic N) is 2. The number of rotatable bonds is 11. The Morgan fingerprint density at radius 2 is 1.49 bits per heavy atom. The summed E-state index contributed by atoms with van der Waals surface area (Å²) in [6.45, 7) is 4.88. The predicted molar refractivity (Wildman–Crippen MR) is 179 cm³/mol. The molecule has 4 rings (SSSR count). The Morgan fingerprint density at radius 1 is 0.889 bits per heavy atom. The van der Waals surface area contributed by atoms with Crippen LogP contribution in [0, 0.1) is 5.82 Å². The van der Waals surface area contributed by atoms with Gasteiger partial charge in [0, 0.05) is 23.0 Å². The number of benzene rings is 4. The zero-order valence-electron chi connectivity index (χ0n) is 25.1. The number of sulfonamides is 1. The van der Waals surface area contributed by atoms with E-state index in [1.165, 1.54) is 23.1 Å². The molecule has 0 fully saturated rings. The van der Waals surface area contributed by atoms with E-state index in [0.29, 0.717) is 0 Å². The summed E-state index contributed by atoms with van der Waals surface area (Å²) in [6.07, 6.45) is 0.179. The van der Waals surface area contributed by atoms with Gasteiger partial charge in [-0.15, -0.1) is 0 Å². The van der Waals surface area contributed by atoms with Crippen molar-refractivity contribution in [3.05, 3.63) is 130 Å². The first-order chi connectivity index (χ1) is 21.2. The van der Waals surface area contributed by atoms with Gasteiger partial charge in [-0.1, -0.05) is 88.2 Å². The van der Waals surface area contributed by atoms with Gasteiger partial charge in [-0.3, -0.25) is 13.9 Å². The Kier molecular flexibility index (Phi) is 11.1. The zero-order chi connectivity index (χ0) is 32.8. The van der Waals surface area contributed by atoms with Gasteiger partial charge in [-0.05, 0) is 74.4 Å². The van der Waals surface area contributed by atoms with Crippen molar-refractivity contribution < 1.29 is 22.4 Å². The Hall–Kier alpha value is -3.73. The average Bonchev–Trinajstić information content (AvgIpc) is 3.00. The highest BCUT2D eigenvalue weighted by atomic mass is 79.9. The van der Waals surface area contributed by atoms with Crippen LogP contribution < -0.4 is 9.62 Å². The zero-order valence-corrected chi connectivity index (χ0v) is 28.2. The van der Waals surface area contributed by atoms with E-state index in [0.717, 1.165) is 32.0 Å². The number of halogens is 3. The van der Waals surface area contributed by atoms with E-state index >= 15 is 0 Å². The molecule has 0 aliphatic carbocycles. The van der Waals surface area contributed by atoms with Crippen molar-refractivity contribution in [3.63, 3.8) is 0 Å². The van der Waals surface area contributed by atoms with Gasteiger partial charge in [-0.2, -0.15) is 0 Å². The van der Waals surface area contributed by atoms with E-state index in [4.69, 9.17) is 11.6 Å². The van der Waals surface area contributed by atoms with Gasteiger partial charge in [0.15, 0.2) is 0 Å². The second-order valence-electron chi connectivity index (χ2n) is 11.5. The summed E-state index contributed by atoms with van der Waals surface area (Å²) in [6, 6.07) is 26.7. The van der Waals surface area contributed by atoms with Crippen LogP contribution in [0.5, 0.6) is 0 Å². The molecule has 0 bridgehead atoms. The van der Waals surface area contributed by atoms with E-state index < -0.39 is 39.9 Å². The molecule has 0 aliphatic heterocycles. The summed E-state index contributed by atoms with van der Waals surface area (Å²) in [5.74, 6) is -1.76. The lowest BCUT2D eigenvalue weighted by atomic mass is 10.0. The number of hydrogen-bond donors (Lipinski definition) is 1. The number of hydrogen-bond acceptors (Lipinski definition) is 4. The average molecular weight is 715 g/mol. The molecule has 0 spiro atoms. The van der Waals surface area contributed by atoms with Crippen LogP contribution in [0.25, 0.3) is 0 Å². The summed E-state index contributed by atoms with van der Waals surface area (Å²) in [5.41, 5.74) is 0.946. The Bertz CT molecular complexity index is 1740. The molecule has 2 amide bonds. The van der Waals surface area contributed by atoms with Gasteiger partial charge in [0.05, 0.1) is 15.6 Å². The number of amides is 2. The molecule has 4 aromatic rings. The van der Waals surface area contributed by atoms with Crippen LogP contribution >= 0.6 is 27.5 Å². The van der Waals surface area contributed by atoms with E-state index in [-0.39, 0.29) is 34.5 Å². The van der Waals surface area contributed by atoms with E-state index in [1.54, 1.807) is 18.2 Å². The standard InChI is InChI=1S/C34H34BrClFN3O4S/c1-34(2,3)38-33(42)31(20-24-10-6-4-7-11-24)39(22-25-14-16-26(35)17-15-25)32(41)23-40(27-18-19-30(37)29(36)21-27)45(43,44)28-12-8-5-9-13-28/h4-19,21,31H,20,22-23H2,1-3H3,(H,38,42). The molecule has 1 atom stereocenters. The number of nitrogens with one attached hydrogen (secondary N) is 1. The lowest BCUT2D eigenvalue weighted by Crippen LogP contribution is -2.56. The van der Waals surface area contributed by atoms with Crippen molar-refractivity contribution in [2.45, 2.75) is 50.2 Å². The molecular weight excluding hydrogens is 681 g/mol. The van der Waals surface area contributed by atoms with Crippen LogP contribution in [0.3, 0.4) is 0 Å². The first kappa shape index (κ1) is 34.1. The highest BCUT2D eigenvalue weighted by Gasteiger charge is 2.35. The third kappa shape index (κ3) is 9.15. The third-order valence-corrected chi connectivity index (χ3v) is 9.44. The molecule has 0 heterocycles. The van der Waals surface area contributed by atoms with Gasteiger partial charge < -0.3 is 10.2 Å². The third-order valence-electron chi connectivity index (χ3n) is 6.84. The lowest BCUT2D eigenvalue weighted by molar-refractivity contribution is -0.140. The van der Waals surface area contributed by atoms with Crippen LogP contribution in [-0.2, 0) is 32.6 Å². The minimum Gasteiger partial charge on any atom is -0.350 e. The van der Waals surface area contributed by atoms with Gasteiger partial charge in [-0.25, -0.2) is 12.8 Å². The number of anilines is 1. The largest absolute Gasteiger partial charge is 0.350 e. The number of carbonyl (C=O) groups excluding carboxylic acids is 2. The summed E-state index contributed by atoms with van der Waals surface area (Å²) in [5, 5.41) is 2.69. The van der Waals surface area contributed by atoms with Gasteiger partial charge >= 0.3 is 0 Å². The molecule has 0 saturated heterocycles. The minimum atomic E-state index is -4.33. The molecule has 236 valence electrons. The molecule has 45 heavy (non-hydrogen) atoms. The number of carbonyl (C=O) groups is 2. The second kappa shape index (κ2) is 14.6.